The van der Waals surface area contributed by atoms with Crippen molar-refractivity contribution in [3.63, 3.8) is 0 Å². The third-order valence-electron chi connectivity index (χ3n) is 3.54. The summed E-state index contributed by atoms with van der Waals surface area (Å²) >= 11 is 1.60. The third-order valence-corrected chi connectivity index (χ3v) is 4.42. The van der Waals surface area contributed by atoms with Gasteiger partial charge in [0.05, 0.1) is 0 Å². The zero-order valence-corrected chi connectivity index (χ0v) is 13.2. The number of aromatic amines is 1. The highest BCUT2D eigenvalue weighted by Crippen LogP contribution is 2.20. The predicted octanol–water partition coefficient (Wildman–Crippen LogP) is 3.18. The quantitative estimate of drug-likeness (QED) is 0.776. The molecule has 112 valence electrons. The van der Waals surface area contributed by atoms with Gasteiger partial charge in [-0.3, -0.25) is 9.78 Å². The Morgan fingerprint density at radius 1 is 1.18 bits per heavy atom. The average Bonchev–Trinajstić information content (AvgIpc) is 3.00. The normalized spacial score (nSPS) is 10.6. The van der Waals surface area contributed by atoms with Gasteiger partial charge in [-0.1, -0.05) is 18.2 Å². The molecule has 22 heavy (non-hydrogen) atoms. The second-order valence-electron chi connectivity index (χ2n) is 5.08. The minimum Gasteiger partial charge on any atom is -0.324 e. The SMILES string of the molecule is Cc1cccc(Nc2nnc(Cc3cccs3)c(=O)[nH]2)c1C. The Morgan fingerprint density at radius 2 is 2.05 bits per heavy atom. The molecule has 0 fully saturated rings. The molecular formula is C16H16N4OS. The molecule has 6 heteroatoms. The minimum absolute atomic E-state index is 0.212. The van der Waals surface area contributed by atoms with Gasteiger partial charge < -0.3 is 5.32 Å². The molecule has 5 nitrogen and oxygen atoms in total. The van der Waals surface area contributed by atoms with Gasteiger partial charge in [0.25, 0.3) is 5.56 Å². The number of hydrogen-bond acceptors (Lipinski definition) is 5. The van der Waals surface area contributed by atoms with E-state index < -0.39 is 0 Å². The van der Waals surface area contributed by atoms with Gasteiger partial charge in [0.2, 0.25) is 5.95 Å². The number of hydrogen-bond donors (Lipinski definition) is 2. The van der Waals surface area contributed by atoms with Crippen molar-refractivity contribution in [2.75, 3.05) is 5.32 Å². The van der Waals surface area contributed by atoms with Crippen LogP contribution in [0.3, 0.4) is 0 Å². The lowest BCUT2D eigenvalue weighted by molar-refractivity contribution is 0.878. The van der Waals surface area contributed by atoms with Gasteiger partial charge in [-0.15, -0.1) is 21.5 Å². The summed E-state index contributed by atoms with van der Waals surface area (Å²) in [6.07, 6.45) is 0.504. The summed E-state index contributed by atoms with van der Waals surface area (Å²) in [7, 11) is 0. The number of H-pyrrole nitrogens is 1. The second kappa shape index (κ2) is 6.11. The first-order valence-corrected chi connectivity index (χ1v) is 7.83. The highest BCUT2D eigenvalue weighted by molar-refractivity contribution is 7.09. The molecule has 2 heterocycles. The Morgan fingerprint density at radius 3 is 2.77 bits per heavy atom. The molecule has 0 saturated carbocycles. The Bertz CT molecular complexity index is 840. The van der Waals surface area contributed by atoms with E-state index in [4.69, 9.17) is 0 Å². The molecule has 3 aromatic rings. The predicted molar refractivity (Wildman–Crippen MR) is 89.0 cm³/mol. The van der Waals surface area contributed by atoms with Crippen molar-refractivity contribution < 1.29 is 0 Å². The highest BCUT2D eigenvalue weighted by Gasteiger charge is 2.08. The summed E-state index contributed by atoms with van der Waals surface area (Å²) in [5.74, 6) is 0.355. The number of thiophene rings is 1. The smallest absolute Gasteiger partial charge is 0.274 e. The van der Waals surface area contributed by atoms with Crippen molar-refractivity contribution in [1.29, 1.82) is 0 Å². The third kappa shape index (κ3) is 3.07. The van der Waals surface area contributed by atoms with E-state index in [1.165, 1.54) is 5.56 Å². The fourth-order valence-electron chi connectivity index (χ4n) is 2.12. The number of nitrogens with zero attached hydrogens (tertiary/aromatic N) is 2. The summed E-state index contributed by atoms with van der Waals surface area (Å²) in [6.45, 7) is 4.06. The molecule has 0 unspecified atom stereocenters. The number of aryl methyl sites for hydroxylation is 1. The van der Waals surface area contributed by atoms with Crippen LogP contribution in [0.5, 0.6) is 0 Å². The van der Waals surface area contributed by atoms with Crippen LogP contribution in [0, 0.1) is 13.8 Å². The standard InChI is InChI=1S/C16H16N4OS/c1-10-5-3-7-13(11(10)2)17-16-18-15(21)14(19-20-16)9-12-6-4-8-22-12/h3-8H,9H2,1-2H3,(H2,17,18,20,21). The van der Waals surface area contributed by atoms with E-state index in [2.05, 4.69) is 20.5 Å². The summed E-state index contributed by atoms with van der Waals surface area (Å²) < 4.78 is 0. The summed E-state index contributed by atoms with van der Waals surface area (Å²) in [4.78, 5) is 16.0. The van der Waals surface area contributed by atoms with Crippen LogP contribution in [-0.2, 0) is 6.42 Å². The van der Waals surface area contributed by atoms with Crippen LogP contribution in [0.2, 0.25) is 0 Å². The maximum Gasteiger partial charge on any atom is 0.274 e. The van der Waals surface area contributed by atoms with Crippen LogP contribution in [0.25, 0.3) is 0 Å². The average molecular weight is 312 g/mol. The van der Waals surface area contributed by atoms with Crippen molar-refractivity contribution in [3.8, 4) is 0 Å². The van der Waals surface area contributed by atoms with E-state index in [0.717, 1.165) is 16.1 Å². The molecule has 2 aromatic heterocycles. The van der Waals surface area contributed by atoms with Gasteiger partial charge in [-0.05, 0) is 42.5 Å². The number of nitrogens with one attached hydrogen (secondary N) is 2. The Kier molecular flexibility index (Phi) is 4.02. The lowest BCUT2D eigenvalue weighted by Crippen LogP contribution is -2.18. The number of anilines is 2. The maximum absolute atomic E-state index is 12.1. The van der Waals surface area contributed by atoms with Crippen LogP contribution >= 0.6 is 11.3 Å². The lowest BCUT2D eigenvalue weighted by Gasteiger charge is -2.10. The largest absolute Gasteiger partial charge is 0.324 e. The summed E-state index contributed by atoms with van der Waals surface area (Å²) in [6, 6.07) is 9.88. The molecule has 0 radical (unpaired) electrons. The van der Waals surface area contributed by atoms with Crippen LogP contribution in [-0.4, -0.2) is 15.2 Å². The molecule has 0 spiro atoms. The number of aromatic nitrogens is 3. The Balaban J connectivity index is 1.83. The summed E-state index contributed by atoms with van der Waals surface area (Å²) in [5.41, 5.74) is 3.42. The molecule has 0 saturated heterocycles. The molecule has 2 N–H and O–H groups in total. The van der Waals surface area contributed by atoms with Gasteiger partial charge in [0.15, 0.2) is 0 Å². The van der Waals surface area contributed by atoms with Crippen molar-refractivity contribution in [2.45, 2.75) is 20.3 Å². The van der Waals surface area contributed by atoms with Crippen LogP contribution < -0.4 is 10.9 Å². The zero-order chi connectivity index (χ0) is 15.5. The van der Waals surface area contributed by atoms with Crippen molar-refractivity contribution in [2.24, 2.45) is 0 Å². The van der Waals surface area contributed by atoms with Gasteiger partial charge in [0.1, 0.15) is 5.69 Å². The Labute approximate surface area is 132 Å². The molecular weight excluding hydrogens is 296 g/mol. The van der Waals surface area contributed by atoms with E-state index in [1.54, 1.807) is 11.3 Å². The van der Waals surface area contributed by atoms with Crippen LogP contribution in [0.15, 0.2) is 40.5 Å². The molecule has 0 bridgehead atoms. The van der Waals surface area contributed by atoms with Crippen LogP contribution in [0.1, 0.15) is 21.7 Å². The molecule has 0 atom stereocenters. The van der Waals surface area contributed by atoms with Gasteiger partial charge in [0, 0.05) is 17.0 Å². The molecule has 0 aliphatic rings. The lowest BCUT2D eigenvalue weighted by atomic mass is 10.1. The molecule has 3 rings (SSSR count). The molecule has 0 aliphatic heterocycles. The zero-order valence-electron chi connectivity index (χ0n) is 12.4. The van der Waals surface area contributed by atoms with E-state index in [9.17, 15) is 4.79 Å². The fourth-order valence-corrected chi connectivity index (χ4v) is 2.83. The molecule has 0 amide bonds. The Hall–Kier alpha value is -2.47. The first-order valence-electron chi connectivity index (χ1n) is 6.95. The van der Waals surface area contributed by atoms with E-state index >= 15 is 0 Å². The highest BCUT2D eigenvalue weighted by atomic mass is 32.1. The minimum atomic E-state index is -0.212. The van der Waals surface area contributed by atoms with E-state index in [-0.39, 0.29) is 5.56 Å². The first-order chi connectivity index (χ1) is 10.6. The second-order valence-corrected chi connectivity index (χ2v) is 6.11. The van der Waals surface area contributed by atoms with Gasteiger partial charge in [-0.25, -0.2) is 0 Å². The molecule has 0 aliphatic carbocycles. The fraction of sp³-hybridized carbons (Fsp3) is 0.188. The van der Waals surface area contributed by atoms with Gasteiger partial charge in [-0.2, -0.15) is 0 Å². The van der Waals surface area contributed by atoms with Gasteiger partial charge >= 0.3 is 0 Å². The van der Waals surface area contributed by atoms with Crippen molar-refractivity contribution >= 4 is 23.0 Å². The maximum atomic E-state index is 12.1. The summed E-state index contributed by atoms with van der Waals surface area (Å²) in [5, 5.41) is 13.2. The first kappa shape index (κ1) is 14.5. The topological polar surface area (TPSA) is 70.7 Å². The number of rotatable bonds is 4. The van der Waals surface area contributed by atoms with E-state index in [0.29, 0.717) is 18.1 Å². The van der Waals surface area contributed by atoms with Crippen molar-refractivity contribution in [3.05, 3.63) is 67.8 Å². The van der Waals surface area contributed by atoms with Crippen molar-refractivity contribution in [1.82, 2.24) is 15.2 Å². The molecule has 1 aromatic carbocycles. The van der Waals surface area contributed by atoms with Crippen LogP contribution in [0.4, 0.5) is 11.6 Å². The van der Waals surface area contributed by atoms with E-state index in [1.807, 2.05) is 49.6 Å². The monoisotopic (exact) mass is 312 g/mol. The number of benzene rings is 1.